The number of esters is 1. The van der Waals surface area contributed by atoms with Gasteiger partial charge in [-0.25, -0.2) is 9.78 Å². The van der Waals surface area contributed by atoms with Crippen molar-refractivity contribution in [2.45, 2.75) is 13.0 Å². The number of rotatable bonds is 4. The molecule has 7 heteroatoms. The zero-order valence-electron chi connectivity index (χ0n) is 11.5. The number of pyridine rings is 1. The molecule has 1 atom stereocenters. The smallest absolute Gasteiger partial charge is 0.357 e. The van der Waals surface area contributed by atoms with E-state index in [1.54, 1.807) is 30.3 Å². The number of hydrogen-bond donors (Lipinski definition) is 1. The van der Waals surface area contributed by atoms with Crippen LogP contribution in [-0.2, 0) is 9.53 Å². The molecule has 0 saturated carbocycles. The third-order valence-corrected chi connectivity index (χ3v) is 3.09. The zero-order chi connectivity index (χ0) is 16.1. The number of nitrogens with one attached hydrogen (secondary N) is 1. The Hall–Kier alpha value is -2.11. The molecule has 1 amide bonds. The van der Waals surface area contributed by atoms with E-state index in [4.69, 9.17) is 27.9 Å². The molecule has 0 spiro atoms. The first-order valence-corrected chi connectivity index (χ1v) is 7.10. The monoisotopic (exact) mass is 338 g/mol. The summed E-state index contributed by atoms with van der Waals surface area (Å²) in [6.45, 7) is 1.46. The summed E-state index contributed by atoms with van der Waals surface area (Å²) in [6.07, 6.45) is 0.474. The van der Waals surface area contributed by atoms with Crippen LogP contribution in [0.25, 0.3) is 0 Å². The number of anilines is 1. The van der Waals surface area contributed by atoms with Gasteiger partial charge in [0.2, 0.25) is 0 Å². The van der Waals surface area contributed by atoms with Gasteiger partial charge in [0, 0.05) is 21.9 Å². The topological polar surface area (TPSA) is 68.3 Å². The van der Waals surface area contributed by atoms with Gasteiger partial charge in [-0.3, -0.25) is 4.79 Å². The predicted octanol–water partition coefficient (Wildman–Crippen LogP) is 3.57. The Kier molecular flexibility index (Phi) is 5.35. The van der Waals surface area contributed by atoms with E-state index in [1.807, 2.05) is 0 Å². The Balaban J connectivity index is 1.99. The molecule has 1 aromatic heterocycles. The standard InChI is InChI=1S/C15H12Cl2N2O3/c1-9(22-15(21)13-4-2-3-5-18-13)14(20)19-12-7-10(16)6-11(17)8-12/h2-9H,1H3,(H,19,20)/t9-/m0/s1. The quantitative estimate of drug-likeness (QED) is 0.865. The van der Waals surface area contributed by atoms with Gasteiger partial charge in [-0.15, -0.1) is 0 Å². The van der Waals surface area contributed by atoms with Crippen molar-refractivity contribution in [1.29, 1.82) is 0 Å². The molecular formula is C15H12Cl2N2O3. The van der Waals surface area contributed by atoms with Gasteiger partial charge in [0.15, 0.2) is 6.10 Å². The molecule has 0 fully saturated rings. The molecule has 0 aliphatic rings. The second-order valence-electron chi connectivity index (χ2n) is 4.41. The highest BCUT2D eigenvalue weighted by Crippen LogP contribution is 2.22. The number of aromatic nitrogens is 1. The van der Waals surface area contributed by atoms with Crippen LogP contribution in [-0.4, -0.2) is 23.0 Å². The molecule has 2 rings (SSSR count). The van der Waals surface area contributed by atoms with Crippen LogP contribution in [0.1, 0.15) is 17.4 Å². The van der Waals surface area contributed by atoms with E-state index in [0.717, 1.165) is 0 Å². The second kappa shape index (κ2) is 7.24. The average molecular weight is 339 g/mol. The summed E-state index contributed by atoms with van der Waals surface area (Å²) >= 11 is 11.7. The zero-order valence-corrected chi connectivity index (χ0v) is 13.1. The van der Waals surface area contributed by atoms with Crippen molar-refractivity contribution in [3.63, 3.8) is 0 Å². The number of benzene rings is 1. The molecule has 2 aromatic rings. The Morgan fingerprint density at radius 2 is 1.86 bits per heavy atom. The SMILES string of the molecule is C[C@H](OC(=O)c1ccccn1)C(=O)Nc1cc(Cl)cc(Cl)c1. The fraction of sp³-hybridized carbons (Fsp3) is 0.133. The minimum Gasteiger partial charge on any atom is -0.448 e. The summed E-state index contributed by atoms with van der Waals surface area (Å²) in [6, 6.07) is 9.46. The highest BCUT2D eigenvalue weighted by Gasteiger charge is 2.19. The number of halogens is 2. The van der Waals surface area contributed by atoms with Gasteiger partial charge in [-0.1, -0.05) is 29.3 Å². The van der Waals surface area contributed by atoms with Crippen LogP contribution in [0.3, 0.4) is 0 Å². The lowest BCUT2D eigenvalue weighted by molar-refractivity contribution is -0.123. The Morgan fingerprint density at radius 1 is 1.18 bits per heavy atom. The Labute approximate surface area is 137 Å². The molecule has 0 radical (unpaired) electrons. The maximum absolute atomic E-state index is 12.0. The third-order valence-electron chi connectivity index (χ3n) is 2.66. The second-order valence-corrected chi connectivity index (χ2v) is 5.28. The van der Waals surface area contributed by atoms with Crippen LogP contribution in [0.15, 0.2) is 42.6 Å². The molecule has 22 heavy (non-hydrogen) atoms. The molecular weight excluding hydrogens is 327 g/mol. The molecule has 0 saturated heterocycles. The average Bonchev–Trinajstić information content (AvgIpc) is 2.46. The van der Waals surface area contributed by atoms with Gasteiger partial charge >= 0.3 is 5.97 Å². The van der Waals surface area contributed by atoms with E-state index in [9.17, 15) is 9.59 Å². The molecule has 1 N–H and O–H groups in total. The normalized spacial score (nSPS) is 11.6. The van der Waals surface area contributed by atoms with Gasteiger partial charge in [0.25, 0.3) is 5.91 Å². The first-order valence-electron chi connectivity index (χ1n) is 6.34. The lowest BCUT2D eigenvalue weighted by Gasteiger charge is -2.13. The minimum absolute atomic E-state index is 0.132. The predicted molar refractivity (Wildman–Crippen MR) is 84.2 cm³/mol. The molecule has 0 aliphatic carbocycles. The number of ether oxygens (including phenoxy) is 1. The summed E-state index contributed by atoms with van der Waals surface area (Å²) in [5.41, 5.74) is 0.552. The Bertz CT molecular complexity index is 672. The summed E-state index contributed by atoms with van der Waals surface area (Å²) in [5.74, 6) is -1.17. The van der Waals surface area contributed by atoms with E-state index in [1.165, 1.54) is 19.2 Å². The van der Waals surface area contributed by atoms with E-state index >= 15 is 0 Å². The van der Waals surface area contributed by atoms with Crippen LogP contribution in [0, 0.1) is 0 Å². The van der Waals surface area contributed by atoms with Crippen molar-refractivity contribution in [2.24, 2.45) is 0 Å². The fourth-order valence-corrected chi connectivity index (χ4v) is 2.15. The summed E-state index contributed by atoms with van der Waals surface area (Å²) in [5, 5.41) is 3.35. The van der Waals surface area contributed by atoms with Gasteiger partial charge in [0.1, 0.15) is 5.69 Å². The maximum Gasteiger partial charge on any atom is 0.357 e. The van der Waals surface area contributed by atoms with Crippen molar-refractivity contribution < 1.29 is 14.3 Å². The van der Waals surface area contributed by atoms with Crippen molar-refractivity contribution in [2.75, 3.05) is 5.32 Å². The van der Waals surface area contributed by atoms with Gasteiger partial charge in [-0.2, -0.15) is 0 Å². The van der Waals surface area contributed by atoms with Crippen LogP contribution in [0.2, 0.25) is 10.0 Å². The summed E-state index contributed by atoms with van der Waals surface area (Å²) in [7, 11) is 0. The van der Waals surface area contributed by atoms with Crippen LogP contribution in [0.4, 0.5) is 5.69 Å². The summed E-state index contributed by atoms with van der Waals surface area (Å²) in [4.78, 5) is 27.7. The van der Waals surface area contributed by atoms with E-state index < -0.39 is 18.0 Å². The van der Waals surface area contributed by atoms with Crippen molar-refractivity contribution in [3.05, 3.63) is 58.3 Å². The first kappa shape index (κ1) is 16.3. The molecule has 114 valence electrons. The molecule has 5 nitrogen and oxygen atoms in total. The molecule has 0 unspecified atom stereocenters. The van der Waals surface area contributed by atoms with Gasteiger partial charge in [-0.05, 0) is 37.3 Å². The van der Waals surface area contributed by atoms with E-state index in [0.29, 0.717) is 15.7 Å². The highest BCUT2D eigenvalue weighted by atomic mass is 35.5. The molecule has 1 heterocycles. The number of carbonyl (C=O) groups excluding carboxylic acids is 2. The van der Waals surface area contributed by atoms with Gasteiger partial charge in [0.05, 0.1) is 0 Å². The molecule has 1 aromatic carbocycles. The van der Waals surface area contributed by atoms with Crippen molar-refractivity contribution in [1.82, 2.24) is 4.98 Å². The van der Waals surface area contributed by atoms with Crippen LogP contribution >= 0.6 is 23.2 Å². The van der Waals surface area contributed by atoms with E-state index in [-0.39, 0.29) is 5.69 Å². The van der Waals surface area contributed by atoms with Crippen LogP contribution in [0.5, 0.6) is 0 Å². The third kappa shape index (κ3) is 4.44. The number of hydrogen-bond acceptors (Lipinski definition) is 4. The minimum atomic E-state index is -0.993. The molecule has 0 aliphatic heterocycles. The number of nitrogens with zero attached hydrogens (tertiary/aromatic N) is 1. The Morgan fingerprint density at radius 3 is 2.45 bits per heavy atom. The number of carbonyl (C=O) groups is 2. The van der Waals surface area contributed by atoms with Gasteiger partial charge < -0.3 is 10.1 Å². The van der Waals surface area contributed by atoms with Crippen molar-refractivity contribution >= 4 is 40.8 Å². The highest BCUT2D eigenvalue weighted by molar-refractivity contribution is 6.35. The lowest BCUT2D eigenvalue weighted by atomic mass is 10.3. The van der Waals surface area contributed by atoms with Crippen molar-refractivity contribution in [3.8, 4) is 0 Å². The number of amides is 1. The lowest BCUT2D eigenvalue weighted by Crippen LogP contribution is -2.30. The van der Waals surface area contributed by atoms with Crippen LogP contribution < -0.4 is 5.32 Å². The molecule has 0 bridgehead atoms. The first-order chi connectivity index (χ1) is 10.5. The summed E-state index contributed by atoms with van der Waals surface area (Å²) < 4.78 is 5.05. The largest absolute Gasteiger partial charge is 0.448 e. The van der Waals surface area contributed by atoms with E-state index in [2.05, 4.69) is 10.3 Å². The maximum atomic E-state index is 12.0. The fourth-order valence-electron chi connectivity index (χ4n) is 1.63.